The molecule has 0 aliphatic heterocycles. The highest BCUT2D eigenvalue weighted by Crippen LogP contribution is 2.19. The van der Waals surface area contributed by atoms with E-state index in [4.69, 9.17) is 20.4 Å². The van der Waals surface area contributed by atoms with Crippen molar-refractivity contribution in [1.82, 2.24) is 0 Å². The number of aromatic carboxylic acids is 1. The highest BCUT2D eigenvalue weighted by atomic mass is 35.5. The third-order valence-corrected chi connectivity index (χ3v) is 6.71. The summed E-state index contributed by atoms with van der Waals surface area (Å²) in [4.78, 5) is 10.6. The Morgan fingerprint density at radius 1 is 0.722 bits per heavy atom. The number of hydrogen-bond donors (Lipinski definition) is 4. The van der Waals surface area contributed by atoms with Crippen LogP contribution < -0.4 is 12.4 Å². The van der Waals surface area contributed by atoms with E-state index >= 15 is 0 Å². The molecular weight excluding hydrogens is 478 g/mol. The van der Waals surface area contributed by atoms with Gasteiger partial charge < -0.3 is 37.3 Å². The van der Waals surface area contributed by atoms with Crippen molar-refractivity contribution in [2.24, 2.45) is 0 Å². The summed E-state index contributed by atoms with van der Waals surface area (Å²) in [7, 11) is 0. The number of quaternary nitrogens is 1. The molecule has 6 nitrogen and oxygen atoms in total. The maximum Gasteiger partial charge on any atom is 0.335 e. The molecule has 7 heteroatoms. The van der Waals surface area contributed by atoms with Crippen LogP contribution in [0.25, 0.3) is 0 Å². The molecule has 206 valence electrons. The number of benzene rings is 2. The Kier molecular flexibility index (Phi) is 21.3. The van der Waals surface area contributed by atoms with E-state index in [1.807, 2.05) is 19.1 Å². The minimum atomic E-state index is -0.865. The zero-order valence-corrected chi connectivity index (χ0v) is 23.5. The number of hydrogen-bond acceptors (Lipinski definition) is 4. The standard InChI is InChI=1S/C11H14O2.C10H14.C8H20NO3.ClH/c1-3-8(2)9-4-6-10(7-5-9)11(12)13;1-3-9(2)10-7-5-4-6-8-10;1-2-9(3-6-10,4-7-11)5-8-12;/h4-8H,3H2,1-2H3,(H,12,13);4-9H,3H2,1-2H3;10-12H,2-8H2,1H3;1H/q;;+1;/p-1. The van der Waals surface area contributed by atoms with Crippen LogP contribution in [0.3, 0.4) is 0 Å². The van der Waals surface area contributed by atoms with Crippen LogP contribution in [0.15, 0.2) is 54.6 Å². The molecule has 0 heterocycles. The highest BCUT2D eigenvalue weighted by molar-refractivity contribution is 5.87. The first-order valence-corrected chi connectivity index (χ1v) is 12.8. The summed E-state index contributed by atoms with van der Waals surface area (Å²) in [5, 5.41) is 35.1. The van der Waals surface area contributed by atoms with Crippen molar-refractivity contribution in [3.05, 3.63) is 71.3 Å². The fourth-order valence-electron chi connectivity index (χ4n) is 3.65. The van der Waals surface area contributed by atoms with E-state index in [1.165, 1.54) is 17.5 Å². The van der Waals surface area contributed by atoms with Crippen molar-refractivity contribution in [3.8, 4) is 0 Å². The molecule has 0 aliphatic rings. The lowest BCUT2D eigenvalue weighted by Crippen LogP contribution is -3.00. The molecule has 0 aromatic heterocycles. The van der Waals surface area contributed by atoms with Gasteiger partial charge in [-0.25, -0.2) is 4.79 Å². The Bertz CT molecular complexity index is 769. The maximum atomic E-state index is 10.6. The van der Waals surface area contributed by atoms with Crippen LogP contribution in [0, 0.1) is 0 Å². The Labute approximate surface area is 224 Å². The molecule has 0 amide bonds. The minimum absolute atomic E-state index is 0. The van der Waals surface area contributed by atoms with Crippen LogP contribution in [0.1, 0.15) is 80.8 Å². The van der Waals surface area contributed by atoms with Crippen molar-refractivity contribution >= 4 is 5.97 Å². The lowest BCUT2D eigenvalue weighted by Gasteiger charge is -2.36. The first-order chi connectivity index (χ1) is 16.7. The minimum Gasteiger partial charge on any atom is -1.00 e. The molecule has 0 radical (unpaired) electrons. The predicted molar refractivity (Wildman–Crippen MR) is 144 cm³/mol. The molecule has 0 saturated carbocycles. The van der Waals surface area contributed by atoms with Gasteiger partial charge in [0.15, 0.2) is 0 Å². The van der Waals surface area contributed by atoms with E-state index in [9.17, 15) is 4.79 Å². The van der Waals surface area contributed by atoms with E-state index in [0.29, 0.717) is 41.5 Å². The van der Waals surface area contributed by atoms with Gasteiger partial charge in [-0.3, -0.25) is 0 Å². The van der Waals surface area contributed by atoms with Crippen LogP contribution in [-0.2, 0) is 0 Å². The highest BCUT2D eigenvalue weighted by Gasteiger charge is 2.22. The average molecular weight is 526 g/mol. The van der Waals surface area contributed by atoms with Gasteiger partial charge in [-0.1, -0.05) is 70.2 Å². The molecule has 36 heavy (non-hydrogen) atoms. The molecule has 0 fully saturated rings. The van der Waals surface area contributed by atoms with Crippen molar-refractivity contribution in [3.63, 3.8) is 0 Å². The van der Waals surface area contributed by atoms with Gasteiger partial charge in [0, 0.05) is 0 Å². The van der Waals surface area contributed by atoms with Crippen LogP contribution in [-0.4, -0.2) is 76.9 Å². The van der Waals surface area contributed by atoms with Gasteiger partial charge in [-0.2, -0.15) is 0 Å². The number of nitrogens with zero attached hydrogens (tertiary/aromatic N) is 1. The molecule has 2 rings (SSSR count). The van der Waals surface area contributed by atoms with E-state index in [2.05, 4.69) is 58.0 Å². The number of carboxylic acid groups (broad SMARTS) is 1. The zero-order chi connectivity index (χ0) is 26.7. The van der Waals surface area contributed by atoms with Crippen LogP contribution in [0.2, 0.25) is 0 Å². The van der Waals surface area contributed by atoms with Crippen LogP contribution in [0.5, 0.6) is 0 Å². The quantitative estimate of drug-likeness (QED) is 0.317. The Morgan fingerprint density at radius 3 is 1.42 bits per heavy atom. The average Bonchev–Trinajstić information content (AvgIpc) is 2.89. The number of rotatable bonds is 12. The number of likely N-dealkylation sites (N-methyl/N-ethyl adjacent to an activating group) is 1. The Hall–Kier alpha value is -1.96. The smallest absolute Gasteiger partial charge is 0.335 e. The summed E-state index contributed by atoms with van der Waals surface area (Å²) in [6.07, 6.45) is 2.30. The van der Waals surface area contributed by atoms with E-state index in [1.54, 1.807) is 12.1 Å². The molecule has 0 bridgehead atoms. The Balaban J connectivity index is 0. The van der Waals surface area contributed by atoms with Gasteiger partial charge in [0.2, 0.25) is 0 Å². The third kappa shape index (κ3) is 14.0. The normalized spacial score (nSPS) is 12.1. The summed E-state index contributed by atoms with van der Waals surface area (Å²) >= 11 is 0. The number of aliphatic hydroxyl groups is 3. The molecule has 0 saturated heterocycles. The molecule has 2 atom stereocenters. The van der Waals surface area contributed by atoms with Crippen molar-refractivity contribution in [1.29, 1.82) is 0 Å². The molecular formula is C29H48ClNO5. The topological polar surface area (TPSA) is 98.0 Å². The predicted octanol–water partition coefficient (Wildman–Crippen LogP) is 1.90. The van der Waals surface area contributed by atoms with Gasteiger partial charge >= 0.3 is 5.97 Å². The third-order valence-electron chi connectivity index (χ3n) is 6.71. The molecule has 2 unspecified atom stereocenters. The van der Waals surface area contributed by atoms with E-state index in [-0.39, 0.29) is 32.2 Å². The lowest BCUT2D eigenvalue weighted by atomic mass is 9.98. The lowest BCUT2D eigenvalue weighted by molar-refractivity contribution is -0.927. The number of carboxylic acids is 1. The Morgan fingerprint density at radius 2 is 1.11 bits per heavy atom. The molecule has 4 N–H and O–H groups in total. The summed E-state index contributed by atoms with van der Waals surface area (Å²) in [5.74, 6) is 0.347. The summed E-state index contributed by atoms with van der Waals surface area (Å²) in [6, 6.07) is 17.7. The monoisotopic (exact) mass is 525 g/mol. The molecule has 2 aromatic rings. The maximum absolute atomic E-state index is 10.6. The van der Waals surface area contributed by atoms with Crippen molar-refractivity contribution < 1.29 is 42.1 Å². The fraction of sp³-hybridized carbons (Fsp3) is 0.552. The second-order valence-electron chi connectivity index (χ2n) is 8.96. The van der Waals surface area contributed by atoms with Gasteiger partial charge in [0.25, 0.3) is 0 Å². The second-order valence-corrected chi connectivity index (χ2v) is 8.96. The zero-order valence-electron chi connectivity index (χ0n) is 22.7. The summed E-state index contributed by atoms with van der Waals surface area (Å²) < 4.78 is 0.601. The van der Waals surface area contributed by atoms with Gasteiger partial charge in [-0.05, 0) is 54.9 Å². The number of carbonyl (C=O) groups is 1. The van der Waals surface area contributed by atoms with E-state index in [0.717, 1.165) is 13.0 Å². The SMILES string of the molecule is CCC(C)c1ccc(C(=O)O)cc1.CCC(C)c1ccccc1.CC[N+](CCO)(CCO)CCO.[Cl-]. The van der Waals surface area contributed by atoms with Gasteiger partial charge in [0.1, 0.15) is 19.6 Å². The van der Waals surface area contributed by atoms with Gasteiger partial charge in [0.05, 0.1) is 31.9 Å². The first-order valence-electron chi connectivity index (χ1n) is 12.8. The van der Waals surface area contributed by atoms with Gasteiger partial charge in [-0.15, -0.1) is 0 Å². The summed E-state index contributed by atoms with van der Waals surface area (Å²) in [5.41, 5.74) is 3.00. The second kappa shape index (κ2) is 21.2. The van der Waals surface area contributed by atoms with Crippen LogP contribution >= 0.6 is 0 Å². The summed E-state index contributed by atoms with van der Waals surface area (Å²) in [6.45, 7) is 13.7. The largest absolute Gasteiger partial charge is 1.00 e. The van der Waals surface area contributed by atoms with Crippen LogP contribution in [0.4, 0.5) is 0 Å². The number of halogens is 1. The van der Waals surface area contributed by atoms with Crippen molar-refractivity contribution in [2.75, 3.05) is 46.0 Å². The number of aliphatic hydroxyl groups excluding tert-OH is 3. The fourth-order valence-corrected chi connectivity index (χ4v) is 3.65. The molecule has 2 aromatic carbocycles. The first kappa shape index (κ1) is 36.2. The molecule has 0 aliphatic carbocycles. The van der Waals surface area contributed by atoms with Crippen molar-refractivity contribution in [2.45, 2.75) is 59.3 Å². The molecule has 0 spiro atoms. The van der Waals surface area contributed by atoms with E-state index < -0.39 is 5.97 Å².